The van der Waals surface area contributed by atoms with E-state index in [-0.39, 0.29) is 0 Å². The van der Waals surface area contributed by atoms with Gasteiger partial charge in [-0.2, -0.15) is 0 Å². The summed E-state index contributed by atoms with van der Waals surface area (Å²) in [5.74, 6) is 0. The van der Waals surface area contributed by atoms with Gasteiger partial charge in [0.05, 0.1) is 11.2 Å². The van der Waals surface area contributed by atoms with Gasteiger partial charge in [0.1, 0.15) is 0 Å². The molecule has 1 aromatic heterocycles. The van der Waals surface area contributed by atoms with E-state index in [0.717, 1.165) is 18.8 Å². The van der Waals surface area contributed by atoms with Crippen LogP contribution in [0.2, 0.25) is 0 Å². The summed E-state index contributed by atoms with van der Waals surface area (Å²) in [5.41, 5.74) is 8.95. The second-order valence-electron chi connectivity index (χ2n) is 4.66. The lowest BCUT2D eigenvalue weighted by Crippen LogP contribution is -2.37. The Hall–Kier alpha value is -0.450. The minimum absolute atomic E-state index is 0.503. The number of likely N-dealkylation sites (N-methyl/N-ethyl adjacent to an activating group) is 1. The Bertz CT molecular complexity index is 311. The summed E-state index contributed by atoms with van der Waals surface area (Å²) >= 11 is 1.74. The van der Waals surface area contributed by atoms with E-state index < -0.39 is 0 Å². The van der Waals surface area contributed by atoms with E-state index in [9.17, 15) is 0 Å². The van der Waals surface area contributed by atoms with E-state index in [1.54, 1.807) is 11.3 Å². The van der Waals surface area contributed by atoms with Crippen LogP contribution in [-0.2, 0) is 6.54 Å². The largest absolute Gasteiger partial charge is 0.329 e. The van der Waals surface area contributed by atoms with Crippen molar-refractivity contribution in [1.29, 1.82) is 0 Å². The molecule has 1 heterocycles. The number of rotatable bonds is 8. The van der Waals surface area contributed by atoms with Gasteiger partial charge in [0.2, 0.25) is 0 Å². The Labute approximate surface area is 109 Å². The molecule has 4 heteroatoms. The van der Waals surface area contributed by atoms with E-state index in [4.69, 9.17) is 5.73 Å². The molecule has 2 N–H and O–H groups in total. The van der Waals surface area contributed by atoms with Gasteiger partial charge in [0, 0.05) is 24.0 Å². The van der Waals surface area contributed by atoms with Crippen LogP contribution in [0.4, 0.5) is 0 Å². The quantitative estimate of drug-likeness (QED) is 0.726. The van der Waals surface area contributed by atoms with Crippen molar-refractivity contribution in [2.45, 2.75) is 52.1 Å². The molecule has 1 unspecified atom stereocenters. The average Bonchev–Trinajstić information content (AvgIpc) is 2.70. The summed E-state index contributed by atoms with van der Waals surface area (Å²) in [6.07, 6.45) is 5.07. The minimum Gasteiger partial charge on any atom is -0.329 e. The first-order valence-electron chi connectivity index (χ1n) is 6.48. The molecule has 98 valence electrons. The zero-order valence-electron chi connectivity index (χ0n) is 11.3. The van der Waals surface area contributed by atoms with E-state index >= 15 is 0 Å². The Morgan fingerprint density at radius 1 is 1.47 bits per heavy atom. The number of aromatic nitrogens is 1. The lowest BCUT2D eigenvalue weighted by atomic mass is 10.1. The molecule has 0 saturated carbocycles. The summed E-state index contributed by atoms with van der Waals surface area (Å²) in [4.78, 5) is 8.02. The summed E-state index contributed by atoms with van der Waals surface area (Å²) in [6.45, 7) is 6.04. The minimum atomic E-state index is 0.503. The molecule has 0 bridgehead atoms. The third-order valence-electron chi connectivity index (χ3n) is 3.27. The van der Waals surface area contributed by atoms with Crippen molar-refractivity contribution in [1.82, 2.24) is 9.88 Å². The van der Waals surface area contributed by atoms with E-state index in [2.05, 4.69) is 30.8 Å². The third-order valence-corrected chi connectivity index (χ3v) is 4.19. The Morgan fingerprint density at radius 2 is 2.24 bits per heavy atom. The standard InChI is InChI=1S/C13H25N3S/c1-4-5-6-7-12(8-14)16(3)9-13-11(2)15-10-17-13/h10,12H,4-9,14H2,1-3H3. The number of nitrogens with two attached hydrogens (primary N) is 1. The number of unbranched alkanes of at least 4 members (excludes halogenated alkanes) is 2. The first kappa shape index (κ1) is 14.6. The van der Waals surface area contributed by atoms with Crippen LogP contribution in [0.15, 0.2) is 5.51 Å². The molecule has 0 spiro atoms. The number of hydrogen-bond donors (Lipinski definition) is 1. The molecule has 17 heavy (non-hydrogen) atoms. The van der Waals surface area contributed by atoms with E-state index in [1.807, 2.05) is 5.51 Å². The topological polar surface area (TPSA) is 42.1 Å². The predicted molar refractivity (Wildman–Crippen MR) is 75.3 cm³/mol. The molecule has 1 rings (SSSR count). The summed E-state index contributed by atoms with van der Waals surface area (Å²) < 4.78 is 0. The molecule has 1 aromatic rings. The molecule has 0 amide bonds. The van der Waals surface area contributed by atoms with Crippen LogP contribution in [0, 0.1) is 6.92 Å². The number of aryl methyl sites for hydroxylation is 1. The van der Waals surface area contributed by atoms with Gasteiger partial charge in [-0.25, -0.2) is 4.98 Å². The van der Waals surface area contributed by atoms with Crippen LogP contribution < -0.4 is 5.73 Å². The fourth-order valence-electron chi connectivity index (χ4n) is 1.98. The number of nitrogens with zero attached hydrogens (tertiary/aromatic N) is 2. The van der Waals surface area contributed by atoms with Crippen molar-refractivity contribution in [3.63, 3.8) is 0 Å². The first-order valence-corrected chi connectivity index (χ1v) is 7.36. The summed E-state index contributed by atoms with van der Waals surface area (Å²) in [7, 11) is 2.17. The van der Waals surface area contributed by atoms with Gasteiger partial charge in [0.15, 0.2) is 0 Å². The van der Waals surface area contributed by atoms with Gasteiger partial charge < -0.3 is 5.73 Å². The second-order valence-corrected chi connectivity index (χ2v) is 5.60. The molecular formula is C13H25N3S. The van der Waals surface area contributed by atoms with Crippen LogP contribution in [-0.4, -0.2) is 29.5 Å². The second kappa shape index (κ2) is 7.80. The molecule has 0 aliphatic heterocycles. The smallest absolute Gasteiger partial charge is 0.0798 e. The number of hydrogen-bond acceptors (Lipinski definition) is 4. The van der Waals surface area contributed by atoms with Crippen LogP contribution >= 0.6 is 11.3 Å². The van der Waals surface area contributed by atoms with Crippen molar-refractivity contribution in [2.75, 3.05) is 13.6 Å². The zero-order chi connectivity index (χ0) is 12.7. The van der Waals surface area contributed by atoms with E-state index in [0.29, 0.717) is 6.04 Å². The average molecular weight is 255 g/mol. The third kappa shape index (κ3) is 4.74. The molecule has 3 nitrogen and oxygen atoms in total. The molecule has 1 atom stereocenters. The highest BCUT2D eigenvalue weighted by atomic mass is 32.1. The molecule has 0 aliphatic rings. The van der Waals surface area contributed by atoms with Crippen molar-refractivity contribution in [2.24, 2.45) is 5.73 Å². The molecular weight excluding hydrogens is 230 g/mol. The zero-order valence-corrected chi connectivity index (χ0v) is 12.1. The monoisotopic (exact) mass is 255 g/mol. The lowest BCUT2D eigenvalue weighted by molar-refractivity contribution is 0.224. The van der Waals surface area contributed by atoms with Crippen LogP contribution in [0.3, 0.4) is 0 Å². The maximum atomic E-state index is 5.87. The molecule has 0 saturated heterocycles. The fraction of sp³-hybridized carbons (Fsp3) is 0.769. The SMILES string of the molecule is CCCCCC(CN)N(C)Cc1scnc1C. The fourth-order valence-corrected chi connectivity index (χ4v) is 2.82. The van der Waals surface area contributed by atoms with E-state index in [1.165, 1.54) is 30.6 Å². The van der Waals surface area contributed by atoms with Crippen molar-refractivity contribution < 1.29 is 0 Å². The maximum Gasteiger partial charge on any atom is 0.0798 e. The molecule has 0 radical (unpaired) electrons. The highest BCUT2D eigenvalue weighted by Crippen LogP contribution is 2.17. The van der Waals surface area contributed by atoms with Gasteiger partial charge in [-0.3, -0.25) is 4.90 Å². The van der Waals surface area contributed by atoms with Crippen molar-refractivity contribution in [3.8, 4) is 0 Å². The molecule has 0 aliphatic carbocycles. The Kier molecular flexibility index (Phi) is 6.70. The van der Waals surface area contributed by atoms with Gasteiger partial charge >= 0.3 is 0 Å². The van der Waals surface area contributed by atoms with Crippen LogP contribution in [0.25, 0.3) is 0 Å². The highest BCUT2D eigenvalue weighted by molar-refractivity contribution is 7.09. The normalized spacial score (nSPS) is 13.2. The summed E-state index contributed by atoms with van der Waals surface area (Å²) in [5, 5.41) is 0. The summed E-state index contributed by atoms with van der Waals surface area (Å²) in [6, 6.07) is 0.503. The van der Waals surface area contributed by atoms with Crippen LogP contribution in [0.5, 0.6) is 0 Å². The highest BCUT2D eigenvalue weighted by Gasteiger charge is 2.14. The van der Waals surface area contributed by atoms with Crippen molar-refractivity contribution in [3.05, 3.63) is 16.1 Å². The molecule has 0 fully saturated rings. The maximum absolute atomic E-state index is 5.87. The van der Waals surface area contributed by atoms with Gasteiger partial charge in [-0.1, -0.05) is 26.2 Å². The predicted octanol–water partition coefficient (Wildman–Crippen LogP) is 2.79. The van der Waals surface area contributed by atoms with Gasteiger partial charge in [0.25, 0.3) is 0 Å². The lowest BCUT2D eigenvalue weighted by Gasteiger charge is -2.26. The Morgan fingerprint density at radius 3 is 2.76 bits per heavy atom. The van der Waals surface area contributed by atoms with Gasteiger partial charge in [-0.05, 0) is 20.4 Å². The van der Waals surface area contributed by atoms with Crippen molar-refractivity contribution >= 4 is 11.3 Å². The van der Waals surface area contributed by atoms with Gasteiger partial charge in [-0.15, -0.1) is 11.3 Å². The van der Waals surface area contributed by atoms with Crippen LogP contribution in [0.1, 0.15) is 43.2 Å². The number of thiazole rings is 1. The Balaban J connectivity index is 2.43. The first-order chi connectivity index (χ1) is 8.19. The molecule has 0 aromatic carbocycles.